The molecule has 0 unspecified atom stereocenters. The smallest absolute Gasteiger partial charge is 0.192 e. The predicted octanol–water partition coefficient (Wildman–Crippen LogP) is 2.13. The van der Waals surface area contributed by atoms with Gasteiger partial charge < -0.3 is 0 Å². The Bertz CT molecular complexity index is 619. The van der Waals surface area contributed by atoms with Crippen LogP contribution in [0.5, 0.6) is 0 Å². The molecule has 1 aromatic carbocycles. The van der Waals surface area contributed by atoms with E-state index in [1.807, 2.05) is 0 Å². The van der Waals surface area contributed by atoms with Crippen molar-refractivity contribution in [2.24, 2.45) is 0 Å². The number of aromatic nitrogens is 2. The summed E-state index contributed by atoms with van der Waals surface area (Å²) in [5.41, 5.74) is 1.26. The lowest BCUT2D eigenvalue weighted by Gasteiger charge is -2.01. The van der Waals surface area contributed by atoms with Gasteiger partial charge in [0.15, 0.2) is 14.9 Å². The summed E-state index contributed by atoms with van der Waals surface area (Å²) in [6.07, 6.45) is 2.61. The maximum Gasteiger partial charge on any atom is 0.192 e. The molecule has 0 saturated carbocycles. The fourth-order valence-corrected chi connectivity index (χ4v) is 2.40. The normalized spacial score (nSPS) is 11.6. The van der Waals surface area contributed by atoms with Crippen molar-refractivity contribution in [1.82, 2.24) is 10.2 Å². The number of H-pyrrole nitrogens is 1. The summed E-state index contributed by atoms with van der Waals surface area (Å²) >= 11 is 5.85. The molecule has 0 fully saturated rings. The lowest BCUT2D eigenvalue weighted by atomic mass is 10.1. The molecule has 0 spiro atoms. The largest absolute Gasteiger partial charge is 0.267 e. The Kier molecular flexibility index (Phi) is 2.73. The van der Waals surface area contributed by atoms with Crippen LogP contribution in [-0.4, -0.2) is 24.9 Å². The van der Waals surface area contributed by atoms with Crippen molar-refractivity contribution in [3.8, 4) is 11.1 Å². The van der Waals surface area contributed by atoms with Crippen molar-refractivity contribution < 1.29 is 8.42 Å². The van der Waals surface area contributed by atoms with Gasteiger partial charge in [0, 0.05) is 16.8 Å². The Morgan fingerprint density at radius 1 is 1.38 bits per heavy atom. The first-order valence-electron chi connectivity index (χ1n) is 4.48. The molecule has 0 atom stereocenters. The molecular formula is C10H9ClN2O2S. The minimum absolute atomic E-state index is 0.106. The summed E-state index contributed by atoms with van der Waals surface area (Å²) in [7, 11) is -3.31. The second-order valence-electron chi connectivity index (χ2n) is 3.40. The molecule has 2 rings (SSSR count). The van der Waals surface area contributed by atoms with E-state index in [0.717, 1.165) is 11.8 Å². The molecule has 4 nitrogen and oxygen atoms in total. The monoisotopic (exact) mass is 256 g/mol. The maximum absolute atomic E-state index is 11.5. The zero-order valence-corrected chi connectivity index (χ0v) is 10.0. The fraction of sp³-hybridized carbons (Fsp3) is 0.100. The Morgan fingerprint density at radius 2 is 2.12 bits per heavy atom. The van der Waals surface area contributed by atoms with Crippen molar-refractivity contribution in [3.63, 3.8) is 0 Å². The van der Waals surface area contributed by atoms with Gasteiger partial charge in [-0.05, 0) is 17.7 Å². The minimum Gasteiger partial charge on any atom is -0.267 e. The van der Waals surface area contributed by atoms with E-state index >= 15 is 0 Å². The van der Waals surface area contributed by atoms with Crippen molar-refractivity contribution in [2.45, 2.75) is 5.03 Å². The van der Waals surface area contributed by atoms with Crippen molar-refractivity contribution >= 4 is 21.4 Å². The Hall–Kier alpha value is -1.33. The van der Waals surface area contributed by atoms with Gasteiger partial charge in [0.1, 0.15) is 0 Å². The third-order valence-corrected chi connectivity index (χ3v) is 3.40. The van der Waals surface area contributed by atoms with E-state index in [1.165, 1.54) is 6.20 Å². The van der Waals surface area contributed by atoms with E-state index in [1.54, 1.807) is 24.3 Å². The Labute approximate surface area is 98.2 Å². The summed E-state index contributed by atoms with van der Waals surface area (Å²) in [6, 6.07) is 6.97. The second kappa shape index (κ2) is 3.92. The summed E-state index contributed by atoms with van der Waals surface area (Å²) in [6.45, 7) is 0. The molecule has 1 heterocycles. The molecule has 0 amide bonds. The van der Waals surface area contributed by atoms with Crippen molar-refractivity contribution in [3.05, 3.63) is 35.5 Å². The van der Waals surface area contributed by atoms with E-state index in [9.17, 15) is 8.42 Å². The molecule has 0 aliphatic heterocycles. The van der Waals surface area contributed by atoms with Crippen LogP contribution in [-0.2, 0) is 9.84 Å². The van der Waals surface area contributed by atoms with Gasteiger partial charge in [0.05, 0.1) is 6.20 Å². The first kappa shape index (κ1) is 11.2. The van der Waals surface area contributed by atoms with E-state index in [0.29, 0.717) is 10.6 Å². The third-order valence-electron chi connectivity index (χ3n) is 2.11. The summed E-state index contributed by atoms with van der Waals surface area (Å²) in [5, 5.41) is 6.89. The van der Waals surface area contributed by atoms with Gasteiger partial charge in [-0.15, -0.1) is 0 Å². The van der Waals surface area contributed by atoms with Crippen LogP contribution in [0.2, 0.25) is 5.02 Å². The number of benzene rings is 1. The third kappa shape index (κ3) is 2.10. The summed E-state index contributed by atoms with van der Waals surface area (Å²) < 4.78 is 22.9. The van der Waals surface area contributed by atoms with Gasteiger partial charge >= 0.3 is 0 Å². The molecule has 0 radical (unpaired) electrons. The molecule has 84 valence electrons. The van der Waals surface area contributed by atoms with Gasteiger partial charge in [0.2, 0.25) is 0 Å². The first-order valence-corrected chi connectivity index (χ1v) is 6.75. The Morgan fingerprint density at radius 3 is 2.75 bits per heavy atom. The lowest BCUT2D eigenvalue weighted by Crippen LogP contribution is -1.99. The standard InChI is InChI=1S/C10H9ClN2O2S/c1-16(14,15)10-9(6-12-13-10)7-3-2-4-8(11)5-7/h2-6H,1H3,(H,12,13). The van der Waals surface area contributed by atoms with E-state index in [2.05, 4.69) is 10.2 Å². The van der Waals surface area contributed by atoms with Crippen molar-refractivity contribution in [2.75, 3.05) is 6.26 Å². The second-order valence-corrected chi connectivity index (χ2v) is 5.78. The highest BCUT2D eigenvalue weighted by atomic mass is 35.5. The molecule has 16 heavy (non-hydrogen) atoms. The quantitative estimate of drug-likeness (QED) is 0.895. The molecule has 0 saturated heterocycles. The molecule has 0 bridgehead atoms. The predicted molar refractivity (Wildman–Crippen MR) is 62.1 cm³/mol. The number of hydrogen-bond acceptors (Lipinski definition) is 3. The average molecular weight is 257 g/mol. The number of nitrogens with zero attached hydrogens (tertiary/aromatic N) is 1. The van der Waals surface area contributed by atoms with Crippen LogP contribution in [0.15, 0.2) is 35.5 Å². The average Bonchev–Trinajstić information content (AvgIpc) is 2.65. The number of halogens is 1. The molecule has 0 aliphatic rings. The van der Waals surface area contributed by atoms with Crippen LogP contribution in [0.25, 0.3) is 11.1 Å². The molecule has 0 aliphatic carbocycles. The highest BCUT2D eigenvalue weighted by Gasteiger charge is 2.16. The molecular weight excluding hydrogens is 248 g/mol. The zero-order chi connectivity index (χ0) is 11.8. The van der Waals surface area contributed by atoms with Crippen LogP contribution >= 0.6 is 11.6 Å². The Balaban J connectivity index is 2.62. The number of hydrogen-bond donors (Lipinski definition) is 1. The van der Waals surface area contributed by atoms with E-state index < -0.39 is 9.84 Å². The van der Waals surface area contributed by atoms with Gasteiger partial charge in [0.25, 0.3) is 0 Å². The number of nitrogens with one attached hydrogen (secondary N) is 1. The zero-order valence-electron chi connectivity index (χ0n) is 8.44. The first-order chi connectivity index (χ1) is 7.48. The lowest BCUT2D eigenvalue weighted by molar-refractivity contribution is 0.598. The van der Waals surface area contributed by atoms with Crippen LogP contribution in [0, 0.1) is 0 Å². The number of sulfone groups is 1. The van der Waals surface area contributed by atoms with Crippen LogP contribution in [0.4, 0.5) is 0 Å². The van der Waals surface area contributed by atoms with Gasteiger partial charge in [-0.3, -0.25) is 5.10 Å². The SMILES string of the molecule is CS(=O)(=O)c1[nH]ncc1-c1cccc(Cl)c1. The van der Waals surface area contributed by atoms with E-state index in [-0.39, 0.29) is 5.03 Å². The van der Waals surface area contributed by atoms with Gasteiger partial charge in [-0.1, -0.05) is 23.7 Å². The summed E-state index contributed by atoms with van der Waals surface area (Å²) in [4.78, 5) is 0. The molecule has 2 aromatic rings. The maximum atomic E-state index is 11.5. The number of rotatable bonds is 2. The molecule has 6 heteroatoms. The van der Waals surface area contributed by atoms with Gasteiger partial charge in [-0.2, -0.15) is 5.10 Å². The van der Waals surface area contributed by atoms with Crippen LogP contribution in [0.1, 0.15) is 0 Å². The highest BCUT2D eigenvalue weighted by molar-refractivity contribution is 7.90. The fourth-order valence-electron chi connectivity index (χ4n) is 1.42. The summed E-state index contributed by atoms with van der Waals surface area (Å²) in [5.74, 6) is 0. The van der Waals surface area contributed by atoms with Gasteiger partial charge in [-0.25, -0.2) is 8.42 Å². The van der Waals surface area contributed by atoms with E-state index in [4.69, 9.17) is 11.6 Å². The minimum atomic E-state index is -3.31. The number of aromatic amines is 1. The van der Waals surface area contributed by atoms with Crippen molar-refractivity contribution in [1.29, 1.82) is 0 Å². The highest BCUT2D eigenvalue weighted by Crippen LogP contribution is 2.27. The molecule has 1 N–H and O–H groups in total. The molecule has 1 aromatic heterocycles. The van der Waals surface area contributed by atoms with Crippen LogP contribution in [0.3, 0.4) is 0 Å². The topological polar surface area (TPSA) is 62.8 Å². The van der Waals surface area contributed by atoms with Crippen LogP contribution < -0.4 is 0 Å².